The van der Waals surface area contributed by atoms with Gasteiger partial charge in [-0.1, -0.05) is 23.7 Å². The average Bonchev–Trinajstić information content (AvgIpc) is 2.69. The monoisotopic (exact) mass is 275 g/mol. The molecule has 5 heteroatoms. The Labute approximate surface area is 114 Å². The molecular weight excluding hydrogens is 266 g/mol. The molecule has 3 nitrogen and oxygen atoms in total. The van der Waals surface area contributed by atoms with Crippen LogP contribution in [0.5, 0.6) is 0 Å². The van der Waals surface area contributed by atoms with Crippen LogP contribution in [0.15, 0.2) is 42.7 Å². The maximum Gasteiger partial charge on any atom is 0.178 e. The highest BCUT2D eigenvalue weighted by Gasteiger charge is 2.04. The van der Waals surface area contributed by atoms with Crippen LogP contribution < -0.4 is 0 Å². The van der Waals surface area contributed by atoms with E-state index in [2.05, 4.69) is 14.5 Å². The van der Waals surface area contributed by atoms with Gasteiger partial charge in [-0.25, -0.2) is 0 Å². The smallest absolute Gasteiger partial charge is 0.178 e. The van der Waals surface area contributed by atoms with Crippen molar-refractivity contribution < 1.29 is 0 Å². The Bertz CT molecular complexity index is 743. The number of rotatable bonds is 2. The van der Waals surface area contributed by atoms with Crippen molar-refractivity contribution in [2.45, 2.75) is 6.54 Å². The Morgan fingerprint density at radius 3 is 2.78 bits per heavy atom. The van der Waals surface area contributed by atoms with E-state index in [-0.39, 0.29) is 0 Å². The summed E-state index contributed by atoms with van der Waals surface area (Å²) in [5.74, 6) is 0. The quantitative estimate of drug-likeness (QED) is 0.722. The zero-order valence-corrected chi connectivity index (χ0v) is 11.0. The molecule has 0 bridgehead atoms. The van der Waals surface area contributed by atoms with Crippen molar-refractivity contribution in [3.8, 4) is 0 Å². The number of nitrogens with one attached hydrogen (secondary N) is 1. The van der Waals surface area contributed by atoms with Crippen LogP contribution in [0, 0.1) is 4.77 Å². The molecule has 18 heavy (non-hydrogen) atoms. The largest absolute Gasteiger partial charge is 0.329 e. The molecule has 0 amide bonds. The molecule has 90 valence electrons. The summed E-state index contributed by atoms with van der Waals surface area (Å²) in [4.78, 5) is 7.23. The standard InChI is InChI=1S/C13H10ClN3S/c14-10-3-1-9(2-4-10)8-17-12-5-6-15-7-11(12)16-13(17)18/h1-7H,8H2,(H,16,18). The first-order valence-corrected chi connectivity index (χ1v) is 6.29. The SMILES string of the molecule is S=c1[nH]c2cnccc2n1Cc1ccc(Cl)cc1. The lowest BCUT2D eigenvalue weighted by molar-refractivity contribution is 0.810. The molecular formula is C13H10ClN3S. The molecule has 0 saturated heterocycles. The molecule has 0 unspecified atom stereocenters. The first-order chi connectivity index (χ1) is 8.74. The third-order valence-electron chi connectivity index (χ3n) is 2.83. The fourth-order valence-electron chi connectivity index (χ4n) is 1.94. The van der Waals surface area contributed by atoms with Gasteiger partial charge in [0.2, 0.25) is 0 Å². The maximum atomic E-state index is 5.88. The Kier molecular flexibility index (Phi) is 2.89. The third kappa shape index (κ3) is 2.05. The van der Waals surface area contributed by atoms with Crippen molar-refractivity contribution >= 4 is 34.9 Å². The van der Waals surface area contributed by atoms with E-state index in [4.69, 9.17) is 23.8 Å². The van der Waals surface area contributed by atoms with Gasteiger partial charge in [0.05, 0.1) is 23.8 Å². The third-order valence-corrected chi connectivity index (χ3v) is 3.40. The summed E-state index contributed by atoms with van der Waals surface area (Å²) in [5.41, 5.74) is 3.18. The number of fused-ring (bicyclic) bond motifs is 1. The summed E-state index contributed by atoms with van der Waals surface area (Å²) in [5, 5.41) is 0.741. The molecule has 1 aromatic carbocycles. The summed E-state index contributed by atoms with van der Waals surface area (Å²) in [6, 6.07) is 9.74. The van der Waals surface area contributed by atoms with Gasteiger partial charge in [-0.15, -0.1) is 0 Å². The van der Waals surface area contributed by atoms with Crippen molar-refractivity contribution in [1.29, 1.82) is 0 Å². The van der Waals surface area contributed by atoms with Crippen LogP contribution in [0.1, 0.15) is 5.56 Å². The van der Waals surface area contributed by atoms with Crippen LogP contribution in [0.2, 0.25) is 5.02 Å². The molecule has 1 N–H and O–H groups in total. The second-order valence-electron chi connectivity index (χ2n) is 4.04. The van der Waals surface area contributed by atoms with E-state index in [9.17, 15) is 0 Å². The highest BCUT2D eigenvalue weighted by molar-refractivity contribution is 7.71. The first kappa shape index (κ1) is 11.4. The minimum Gasteiger partial charge on any atom is -0.329 e. The van der Waals surface area contributed by atoms with E-state index >= 15 is 0 Å². The first-order valence-electron chi connectivity index (χ1n) is 5.51. The second kappa shape index (κ2) is 4.55. The van der Waals surface area contributed by atoms with E-state index in [1.807, 2.05) is 30.3 Å². The second-order valence-corrected chi connectivity index (χ2v) is 4.86. The van der Waals surface area contributed by atoms with Crippen LogP contribution in [-0.4, -0.2) is 14.5 Å². The Hall–Kier alpha value is -1.65. The fraction of sp³-hybridized carbons (Fsp3) is 0.0769. The van der Waals surface area contributed by atoms with Gasteiger partial charge in [0.15, 0.2) is 4.77 Å². The molecule has 0 aliphatic rings. The van der Waals surface area contributed by atoms with Gasteiger partial charge in [0, 0.05) is 11.2 Å². The minimum absolute atomic E-state index is 0.702. The van der Waals surface area contributed by atoms with Crippen LogP contribution in [-0.2, 0) is 6.54 Å². The van der Waals surface area contributed by atoms with E-state index in [0.29, 0.717) is 4.77 Å². The van der Waals surface area contributed by atoms with Crippen LogP contribution in [0.4, 0.5) is 0 Å². The van der Waals surface area contributed by atoms with E-state index < -0.39 is 0 Å². The normalized spacial score (nSPS) is 10.9. The molecule has 0 fully saturated rings. The predicted octanol–water partition coefficient (Wildman–Crippen LogP) is 3.80. The lowest BCUT2D eigenvalue weighted by Gasteiger charge is -2.04. The Balaban J connectivity index is 2.07. The number of imidazole rings is 1. The predicted molar refractivity (Wildman–Crippen MR) is 75.5 cm³/mol. The number of hydrogen-bond acceptors (Lipinski definition) is 2. The number of aromatic amines is 1. The van der Waals surface area contributed by atoms with Gasteiger partial charge in [-0.3, -0.25) is 4.98 Å². The van der Waals surface area contributed by atoms with Gasteiger partial charge >= 0.3 is 0 Å². The number of H-pyrrole nitrogens is 1. The van der Waals surface area contributed by atoms with Crippen molar-refractivity contribution in [3.63, 3.8) is 0 Å². The number of aromatic nitrogens is 3. The van der Waals surface area contributed by atoms with Gasteiger partial charge < -0.3 is 9.55 Å². The van der Waals surface area contributed by atoms with Gasteiger partial charge in [-0.05, 0) is 36.0 Å². The van der Waals surface area contributed by atoms with Gasteiger partial charge in [0.25, 0.3) is 0 Å². The topological polar surface area (TPSA) is 33.6 Å². The van der Waals surface area contributed by atoms with Crippen molar-refractivity contribution in [2.24, 2.45) is 0 Å². The molecule has 2 heterocycles. The molecule has 0 atom stereocenters. The summed E-state index contributed by atoms with van der Waals surface area (Å²) in [6.45, 7) is 0.722. The number of pyridine rings is 1. The van der Waals surface area contributed by atoms with E-state index in [0.717, 1.165) is 28.2 Å². The molecule has 3 rings (SSSR count). The summed E-state index contributed by atoms with van der Waals surface area (Å²) >= 11 is 11.2. The Morgan fingerprint density at radius 2 is 2.00 bits per heavy atom. The summed E-state index contributed by atoms with van der Waals surface area (Å²) in [7, 11) is 0. The highest BCUT2D eigenvalue weighted by Crippen LogP contribution is 2.16. The van der Waals surface area contributed by atoms with Crippen molar-refractivity contribution in [3.05, 3.63) is 58.1 Å². The number of benzene rings is 1. The van der Waals surface area contributed by atoms with Crippen LogP contribution in [0.25, 0.3) is 11.0 Å². The lowest BCUT2D eigenvalue weighted by Crippen LogP contribution is -1.99. The maximum absolute atomic E-state index is 5.88. The minimum atomic E-state index is 0.702. The molecule has 0 aliphatic carbocycles. The molecule has 2 aromatic heterocycles. The van der Waals surface area contributed by atoms with E-state index in [1.54, 1.807) is 12.4 Å². The van der Waals surface area contributed by atoms with E-state index in [1.165, 1.54) is 0 Å². The lowest BCUT2D eigenvalue weighted by atomic mass is 10.2. The number of halogens is 1. The van der Waals surface area contributed by atoms with Crippen LogP contribution in [0.3, 0.4) is 0 Å². The van der Waals surface area contributed by atoms with Crippen LogP contribution >= 0.6 is 23.8 Å². The number of hydrogen-bond donors (Lipinski definition) is 1. The molecule has 0 aliphatic heterocycles. The molecule has 0 radical (unpaired) electrons. The summed E-state index contributed by atoms with van der Waals surface area (Å²) in [6.07, 6.45) is 3.55. The summed E-state index contributed by atoms with van der Waals surface area (Å²) < 4.78 is 2.75. The molecule has 3 aromatic rings. The fourth-order valence-corrected chi connectivity index (χ4v) is 2.34. The molecule has 0 spiro atoms. The van der Waals surface area contributed by atoms with Crippen molar-refractivity contribution in [2.75, 3.05) is 0 Å². The zero-order chi connectivity index (χ0) is 12.5. The van der Waals surface area contributed by atoms with Gasteiger partial charge in [-0.2, -0.15) is 0 Å². The molecule has 0 saturated carbocycles. The average molecular weight is 276 g/mol. The van der Waals surface area contributed by atoms with Gasteiger partial charge in [0.1, 0.15) is 0 Å². The number of nitrogens with zero attached hydrogens (tertiary/aromatic N) is 2. The van der Waals surface area contributed by atoms with Crippen molar-refractivity contribution in [1.82, 2.24) is 14.5 Å². The zero-order valence-electron chi connectivity index (χ0n) is 9.43. The highest BCUT2D eigenvalue weighted by atomic mass is 35.5. The Morgan fingerprint density at radius 1 is 1.22 bits per heavy atom.